The number of aliphatic hydroxyl groups is 3. The number of nitrogens with zero attached hydrogens (tertiary/aromatic N) is 1. The first-order chi connectivity index (χ1) is 27.7. The third kappa shape index (κ3) is 29.6. The first-order valence-electron chi connectivity index (χ1n) is 21.6. The number of aliphatic hydroxyl groups excluding tert-OH is 3. The summed E-state index contributed by atoms with van der Waals surface area (Å²) in [4.78, 5) is 49.4. The fraction of sp³-hybridized carbons (Fsp3) is 0.773. The molecule has 0 rings (SSSR count). The summed E-state index contributed by atoms with van der Waals surface area (Å²) in [6, 6.07) is 0. The van der Waals surface area contributed by atoms with Gasteiger partial charge in [0.15, 0.2) is 12.0 Å². The number of alkyl carbamates (subject to hydrolysis) is 1. The average Bonchev–Trinajstić information content (AvgIpc) is 3.19. The van der Waals surface area contributed by atoms with Crippen molar-refractivity contribution in [2.24, 2.45) is 0 Å². The molecule has 14 nitrogen and oxygen atoms in total. The monoisotopic (exact) mass is 826 g/mol. The molecule has 0 bridgehead atoms. The van der Waals surface area contributed by atoms with Crippen molar-refractivity contribution in [3.8, 4) is 0 Å². The van der Waals surface area contributed by atoms with E-state index < -0.39 is 49.1 Å². The lowest BCUT2D eigenvalue weighted by Gasteiger charge is -2.33. The zero-order valence-electron chi connectivity index (χ0n) is 36.4. The number of unbranched alkanes of at least 4 members (excludes halogenated alkanes) is 18. The molecule has 0 aromatic heterocycles. The lowest BCUT2D eigenvalue weighted by molar-refractivity contribution is -0.142. The second-order valence-electron chi connectivity index (χ2n) is 15.3. The molecule has 0 aliphatic heterocycles. The standard InChI is InChI=1S/C44H79N3O11/c1-8-9-10-11-12-13-14-15-16-17-18-19-20-21-22-23-24-25-26-27-39(50)47(7)32-37(48)40(51)41(58-36(6)45-28-30-55-42(52)34(2)3)38(49)33-57-44(54)46-29-31-56-43(53)35(4)5/h37-38,40-41,45,48-49,51H,2,4,6,8-33H2,1,3,5,7H3,(H,46,54)/t37-,38+,40+,41+/m0/s1. The normalized spacial score (nSPS) is 13.0. The highest BCUT2D eigenvalue weighted by Gasteiger charge is 2.36. The van der Waals surface area contributed by atoms with Crippen molar-refractivity contribution in [2.45, 2.75) is 174 Å². The topological polar surface area (TPSA) is 193 Å². The van der Waals surface area contributed by atoms with E-state index in [1.54, 1.807) is 0 Å². The Kier molecular flexibility index (Phi) is 33.1. The molecule has 2 amide bonds. The molecule has 0 aliphatic carbocycles. The molecular formula is C44H79N3O11. The second kappa shape index (κ2) is 35.3. The Hall–Kier alpha value is -3.62. The average molecular weight is 826 g/mol. The van der Waals surface area contributed by atoms with Gasteiger partial charge in [-0.3, -0.25) is 4.79 Å². The fourth-order valence-corrected chi connectivity index (χ4v) is 6.02. The highest BCUT2D eigenvalue weighted by Crippen LogP contribution is 2.17. The number of carbonyl (C=O) groups is 4. The lowest BCUT2D eigenvalue weighted by Crippen LogP contribution is -2.52. The van der Waals surface area contributed by atoms with Crippen LogP contribution in [-0.2, 0) is 33.3 Å². The van der Waals surface area contributed by atoms with Crippen molar-refractivity contribution >= 4 is 23.9 Å². The Morgan fingerprint density at radius 1 is 0.603 bits per heavy atom. The first-order valence-corrected chi connectivity index (χ1v) is 21.6. The molecule has 0 saturated carbocycles. The van der Waals surface area contributed by atoms with Crippen LogP contribution in [-0.4, -0.2) is 115 Å². The quantitative estimate of drug-likeness (QED) is 0.0145. The summed E-state index contributed by atoms with van der Waals surface area (Å²) in [5, 5.41) is 38.0. The molecule has 0 heterocycles. The Morgan fingerprint density at radius 3 is 1.45 bits per heavy atom. The van der Waals surface area contributed by atoms with Gasteiger partial charge in [-0.1, -0.05) is 136 Å². The third-order valence-corrected chi connectivity index (χ3v) is 9.61. The SMILES string of the molecule is C=C(NCCOC(=O)C(=C)C)O[C@@H]([C@H](O)[C@@H](O)CN(C)C(=O)CCCCCCCCCCCCCCCCCCCCC)[C@H](O)COC(=O)NCCOC(=O)C(=C)C. The summed E-state index contributed by atoms with van der Waals surface area (Å²) in [5.74, 6) is -1.53. The first kappa shape index (κ1) is 54.4. The molecule has 0 saturated heterocycles. The number of esters is 2. The molecule has 336 valence electrons. The van der Waals surface area contributed by atoms with E-state index in [0.717, 1.165) is 19.3 Å². The van der Waals surface area contributed by atoms with Crippen LogP contribution in [0.2, 0.25) is 0 Å². The molecule has 0 fully saturated rings. The smallest absolute Gasteiger partial charge is 0.407 e. The van der Waals surface area contributed by atoms with Gasteiger partial charge < -0.3 is 49.8 Å². The number of rotatable bonds is 38. The van der Waals surface area contributed by atoms with Gasteiger partial charge in [-0.05, 0) is 26.8 Å². The van der Waals surface area contributed by atoms with Gasteiger partial charge in [0.05, 0.1) is 13.1 Å². The summed E-state index contributed by atoms with van der Waals surface area (Å²) in [5.41, 5.74) is 0.425. The molecule has 5 N–H and O–H groups in total. The Bertz CT molecular complexity index is 1180. The van der Waals surface area contributed by atoms with Gasteiger partial charge in [0.25, 0.3) is 0 Å². The van der Waals surface area contributed by atoms with Gasteiger partial charge in [0, 0.05) is 31.2 Å². The van der Waals surface area contributed by atoms with Crippen LogP contribution in [0.1, 0.15) is 149 Å². The Labute approximate surface area is 349 Å². The van der Waals surface area contributed by atoms with E-state index in [-0.39, 0.29) is 55.8 Å². The summed E-state index contributed by atoms with van der Waals surface area (Å²) in [7, 11) is 1.52. The molecule has 0 aromatic rings. The minimum absolute atomic E-state index is 0.0604. The second-order valence-corrected chi connectivity index (χ2v) is 15.3. The predicted molar refractivity (Wildman–Crippen MR) is 227 cm³/mol. The number of carbonyl (C=O) groups excluding carboxylic acids is 4. The largest absolute Gasteiger partial charge is 0.471 e. The Morgan fingerprint density at radius 2 is 1.02 bits per heavy atom. The molecule has 0 radical (unpaired) electrons. The molecule has 0 spiro atoms. The lowest BCUT2D eigenvalue weighted by atomic mass is 10.0. The van der Waals surface area contributed by atoms with Crippen molar-refractivity contribution in [1.29, 1.82) is 0 Å². The molecular weight excluding hydrogens is 746 g/mol. The van der Waals surface area contributed by atoms with E-state index in [1.807, 2.05) is 0 Å². The van der Waals surface area contributed by atoms with Crippen molar-refractivity contribution in [2.75, 3.05) is 46.5 Å². The summed E-state index contributed by atoms with van der Waals surface area (Å²) < 4.78 is 20.6. The van der Waals surface area contributed by atoms with E-state index >= 15 is 0 Å². The highest BCUT2D eigenvalue weighted by molar-refractivity contribution is 5.87. The highest BCUT2D eigenvalue weighted by atomic mass is 16.6. The van der Waals surface area contributed by atoms with E-state index in [2.05, 4.69) is 37.3 Å². The van der Waals surface area contributed by atoms with E-state index in [1.165, 1.54) is 122 Å². The maximum Gasteiger partial charge on any atom is 0.407 e. The Balaban J connectivity index is 4.63. The zero-order chi connectivity index (χ0) is 43.6. The van der Waals surface area contributed by atoms with E-state index in [9.17, 15) is 34.5 Å². The van der Waals surface area contributed by atoms with Crippen LogP contribution >= 0.6 is 0 Å². The minimum atomic E-state index is -1.76. The van der Waals surface area contributed by atoms with Crippen molar-refractivity contribution in [3.05, 3.63) is 36.8 Å². The van der Waals surface area contributed by atoms with Gasteiger partial charge in [0.1, 0.15) is 38.1 Å². The van der Waals surface area contributed by atoms with Crippen LogP contribution in [0.4, 0.5) is 4.79 Å². The van der Waals surface area contributed by atoms with Gasteiger partial charge in [-0.15, -0.1) is 0 Å². The van der Waals surface area contributed by atoms with Crippen LogP contribution in [0, 0.1) is 0 Å². The summed E-state index contributed by atoms with van der Waals surface area (Å²) >= 11 is 0. The maximum absolute atomic E-state index is 12.8. The maximum atomic E-state index is 12.8. The van der Waals surface area contributed by atoms with Crippen molar-refractivity contribution in [3.63, 3.8) is 0 Å². The van der Waals surface area contributed by atoms with Crippen LogP contribution in [0.3, 0.4) is 0 Å². The van der Waals surface area contributed by atoms with Crippen LogP contribution in [0.5, 0.6) is 0 Å². The molecule has 4 atom stereocenters. The zero-order valence-corrected chi connectivity index (χ0v) is 36.4. The number of amides is 2. The van der Waals surface area contributed by atoms with Crippen LogP contribution in [0.25, 0.3) is 0 Å². The minimum Gasteiger partial charge on any atom is -0.471 e. The number of ether oxygens (including phenoxy) is 4. The predicted octanol–water partition coefficient (Wildman–Crippen LogP) is 6.76. The molecule has 0 unspecified atom stereocenters. The number of nitrogens with one attached hydrogen (secondary N) is 2. The van der Waals surface area contributed by atoms with Crippen molar-refractivity contribution < 1.29 is 53.4 Å². The summed E-state index contributed by atoms with van der Waals surface area (Å²) in [6.07, 6.45) is 16.8. The molecule has 14 heteroatoms. The van der Waals surface area contributed by atoms with Gasteiger partial charge in [-0.2, -0.15) is 0 Å². The van der Waals surface area contributed by atoms with Gasteiger partial charge >= 0.3 is 18.0 Å². The number of likely N-dealkylation sites (N-methyl/N-ethyl adjacent to an activating group) is 1. The fourth-order valence-electron chi connectivity index (χ4n) is 6.02. The third-order valence-electron chi connectivity index (χ3n) is 9.61. The molecule has 58 heavy (non-hydrogen) atoms. The van der Waals surface area contributed by atoms with Crippen molar-refractivity contribution in [1.82, 2.24) is 15.5 Å². The van der Waals surface area contributed by atoms with E-state index in [0.29, 0.717) is 12.8 Å². The number of hydrogen-bond acceptors (Lipinski definition) is 12. The molecule has 0 aliphatic rings. The van der Waals surface area contributed by atoms with E-state index in [4.69, 9.17) is 18.9 Å². The van der Waals surface area contributed by atoms with Crippen LogP contribution in [0.15, 0.2) is 36.8 Å². The van der Waals surface area contributed by atoms with Gasteiger partial charge in [-0.25, -0.2) is 14.4 Å². The van der Waals surface area contributed by atoms with Gasteiger partial charge in [0.2, 0.25) is 5.91 Å². The number of hydrogen-bond donors (Lipinski definition) is 5. The molecule has 0 aromatic carbocycles. The summed E-state index contributed by atoms with van der Waals surface area (Å²) in [6.45, 7) is 14.8. The van der Waals surface area contributed by atoms with Crippen LogP contribution < -0.4 is 10.6 Å².